The molecule has 1 aliphatic heterocycles. The van der Waals surface area contributed by atoms with Gasteiger partial charge >= 0.3 is 0 Å². The second-order valence-corrected chi connectivity index (χ2v) is 7.82. The van der Waals surface area contributed by atoms with Gasteiger partial charge in [0.05, 0.1) is 31.7 Å². The molecule has 2 fully saturated rings. The fourth-order valence-corrected chi connectivity index (χ4v) is 4.01. The molecule has 3 nitrogen and oxygen atoms in total. The van der Waals surface area contributed by atoms with Crippen LogP contribution in [0.25, 0.3) is 0 Å². The molecule has 2 rings (SSSR count). The zero-order valence-corrected chi connectivity index (χ0v) is 15.8. The van der Waals surface area contributed by atoms with Crippen LogP contribution in [0.4, 0.5) is 0 Å². The highest BCUT2D eigenvalue weighted by Crippen LogP contribution is 2.38. The Balaban J connectivity index is 1.61. The number of rotatable bonds is 14. The zero-order valence-electron chi connectivity index (χ0n) is 15.8. The summed E-state index contributed by atoms with van der Waals surface area (Å²) in [5, 5.41) is 0. The minimum atomic E-state index is 0.0736. The Morgan fingerprint density at radius 1 is 1.04 bits per heavy atom. The molecule has 2 atom stereocenters. The molecular weight excluding hydrogens is 300 g/mol. The Labute approximate surface area is 149 Å². The van der Waals surface area contributed by atoms with Gasteiger partial charge in [0.1, 0.15) is 6.10 Å². The maximum atomic E-state index is 6.41. The van der Waals surface area contributed by atoms with Gasteiger partial charge in [0.25, 0.3) is 0 Å². The highest BCUT2D eigenvalue weighted by Gasteiger charge is 2.37. The molecule has 0 bridgehead atoms. The summed E-state index contributed by atoms with van der Waals surface area (Å²) in [4.78, 5) is 0. The third-order valence-corrected chi connectivity index (χ3v) is 5.77. The van der Waals surface area contributed by atoms with E-state index in [9.17, 15) is 0 Å². The highest BCUT2D eigenvalue weighted by molar-refractivity contribution is 4.87. The van der Waals surface area contributed by atoms with Crippen LogP contribution in [-0.4, -0.2) is 31.5 Å². The van der Waals surface area contributed by atoms with Gasteiger partial charge in [-0.2, -0.15) is 0 Å². The van der Waals surface area contributed by atoms with Gasteiger partial charge in [-0.3, -0.25) is 0 Å². The van der Waals surface area contributed by atoms with Gasteiger partial charge in [-0.25, -0.2) is 0 Å². The maximum Gasteiger partial charge on any atom is 0.104 e. The van der Waals surface area contributed by atoms with Crippen LogP contribution in [0.5, 0.6) is 0 Å². The van der Waals surface area contributed by atoms with Crippen LogP contribution < -0.4 is 0 Å². The first kappa shape index (κ1) is 19.8. The van der Waals surface area contributed by atoms with E-state index in [0.29, 0.717) is 6.10 Å². The predicted molar refractivity (Wildman–Crippen MR) is 99.1 cm³/mol. The highest BCUT2D eigenvalue weighted by atomic mass is 16.6. The van der Waals surface area contributed by atoms with Crippen molar-refractivity contribution in [1.82, 2.24) is 0 Å². The monoisotopic (exact) mass is 338 g/mol. The van der Waals surface area contributed by atoms with E-state index < -0.39 is 0 Å². The summed E-state index contributed by atoms with van der Waals surface area (Å²) in [7, 11) is 0. The van der Waals surface area contributed by atoms with Crippen LogP contribution in [0.1, 0.15) is 84.0 Å². The van der Waals surface area contributed by atoms with Crippen molar-refractivity contribution in [2.45, 2.75) is 95.7 Å². The number of hydrogen-bond acceptors (Lipinski definition) is 3. The molecule has 1 heterocycles. The fraction of sp³-hybridized carbons (Fsp3) is 0.905. The second kappa shape index (κ2) is 11.1. The average molecular weight is 339 g/mol. The summed E-state index contributed by atoms with van der Waals surface area (Å²) >= 11 is 0. The second-order valence-electron chi connectivity index (χ2n) is 7.82. The molecule has 3 heteroatoms. The van der Waals surface area contributed by atoms with E-state index in [-0.39, 0.29) is 5.60 Å². The van der Waals surface area contributed by atoms with E-state index in [1.54, 1.807) is 6.26 Å². The predicted octanol–water partition coefficient (Wildman–Crippen LogP) is 5.63. The molecule has 24 heavy (non-hydrogen) atoms. The average Bonchev–Trinajstić information content (AvgIpc) is 3.44. The molecule has 0 aromatic rings. The van der Waals surface area contributed by atoms with Crippen molar-refractivity contribution in [2.75, 3.05) is 19.8 Å². The molecule has 0 N–H and O–H groups in total. The van der Waals surface area contributed by atoms with Gasteiger partial charge in [-0.05, 0) is 38.5 Å². The van der Waals surface area contributed by atoms with Crippen molar-refractivity contribution in [1.29, 1.82) is 0 Å². The van der Waals surface area contributed by atoms with Gasteiger partial charge in [0, 0.05) is 0 Å². The van der Waals surface area contributed by atoms with E-state index in [4.69, 9.17) is 14.2 Å². The molecule has 2 aliphatic rings. The Kier molecular flexibility index (Phi) is 9.19. The number of ether oxygens (including phenoxy) is 3. The molecule has 0 radical (unpaired) electrons. The number of hydrogen-bond donors (Lipinski definition) is 0. The first-order valence-corrected chi connectivity index (χ1v) is 10.2. The van der Waals surface area contributed by atoms with Crippen LogP contribution in [0.15, 0.2) is 12.8 Å². The van der Waals surface area contributed by atoms with Gasteiger partial charge in [-0.15, -0.1) is 0 Å². The molecule has 0 aromatic heterocycles. The van der Waals surface area contributed by atoms with Gasteiger partial charge < -0.3 is 14.2 Å². The van der Waals surface area contributed by atoms with Crippen molar-refractivity contribution in [3.63, 3.8) is 0 Å². The lowest BCUT2D eigenvalue weighted by Crippen LogP contribution is -2.40. The molecule has 0 spiro atoms. The van der Waals surface area contributed by atoms with Crippen molar-refractivity contribution in [3.05, 3.63) is 12.8 Å². The van der Waals surface area contributed by atoms with Crippen molar-refractivity contribution >= 4 is 0 Å². The lowest BCUT2D eigenvalue weighted by Gasteiger charge is -2.40. The first-order chi connectivity index (χ1) is 11.7. The molecule has 1 saturated heterocycles. The fourth-order valence-electron chi connectivity index (χ4n) is 4.01. The van der Waals surface area contributed by atoms with Gasteiger partial charge in [0.2, 0.25) is 0 Å². The Morgan fingerprint density at radius 2 is 1.71 bits per heavy atom. The summed E-state index contributed by atoms with van der Waals surface area (Å²) in [5.41, 5.74) is 0.0736. The largest absolute Gasteiger partial charge is 0.502 e. The van der Waals surface area contributed by atoms with E-state index in [0.717, 1.165) is 32.2 Å². The standard InChI is InChI=1S/C21H38O3/c1-3-22-16-12-7-5-4-6-11-15-21(2,24-18-20-17-23-20)19-13-9-8-10-14-19/h3,19-20H,1,4-18H2,2H3. The Bertz CT molecular complexity index is 334. The van der Waals surface area contributed by atoms with E-state index in [2.05, 4.69) is 13.5 Å². The SMILES string of the molecule is C=COCCCCCCCCC(C)(OCC1CO1)C1CCCCC1. The molecule has 140 valence electrons. The minimum Gasteiger partial charge on any atom is -0.502 e. The van der Waals surface area contributed by atoms with Crippen LogP contribution in [0, 0.1) is 5.92 Å². The van der Waals surface area contributed by atoms with Crippen molar-refractivity contribution in [3.8, 4) is 0 Å². The lowest BCUT2D eigenvalue weighted by atomic mass is 9.75. The molecule has 0 aromatic carbocycles. The summed E-state index contributed by atoms with van der Waals surface area (Å²) in [6, 6.07) is 0. The number of epoxide rings is 1. The van der Waals surface area contributed by atoms with Crippen LogP contribution in [-0.2, 0) is 14.2 Å². The topological polar surface area (TPSA) is 31.0 Å². The third-order valence-electron chi connectivity index (χ3n) is 5.77. The Hall–Kier alpha value is -0.540. The maximum absolute atomic E-state index is 6.41. The normalized spacial score (nSPS) is 23.6. The quantitative estimate of drug-likeness (QED) is 0.233. The molecule has 0 amide bonds. The number of unbranched alkanes of at least 4 members (excludes halogenated alkanes) is 5. The Morgan fingerprint density at radius 3 is 2.38 bits per heavy atom. The van der Waals surface area contributed by atoms with Crippen LogP contribution in [0.2, 0.25) is 0 Å². The molecule has 2 unspecified atom stereocenters. The van der Waals surface area contributed by atoms with Gasteiger partial charge in [0.15, 0.2) is 0 Å². The molecule has 1 aliphatic carbocycles. The minimum absolute atomic E-state index is 0.0736. The van der Waals surface area contributed by atoms with Gasteiger partial charge in [-0.1, -0.05) is 57.9 Å². The summed E-state index contributed by atoms with van der Waals surface area (Å²) in [5.74, 6) is 0.751. The van der Waals surface area contributed by atoms with Crippen LogP contribution in [0.3, 0.4) is 0 Å². The van der Waals surface area contributed by atoms with Crippen LogP contribution >= 0.6 is 0 Å². The molecule has 1 saturated carbocycles. The third kappa shape index (κ3) is 7.57. The molecular formula is C21H38O3. The first-order valence-electron chi connectivity index (χ1n) is 10.2. The van der Waals surface area contributed by atoms with E-state index >= 15 is 0 Å². The van der Waals surface area contributed by atoms with E-state index in [1.807, 2.05) is 0 Å². The summed E-state index contributed by atoms with van der Waals surface area (Å²) in [6.07, 6.45) is 17.7. The van der Waals surface area contributed by atoms with Crippen molar-refractivity contribution in [2.24, 2.45) is 5.92 Å². The van der Waals surface area contributed by atoms with E-state index in [1.165, 1.54) is 70.6 Å². The summed E-state index contributed by atoms with van der Waals surface area (Å²) in [6.45, 7) is 8.46. The lowest BCUT2D eigenvalue weighted by molar-refractivity contribution is -0.0942. The zero-order chi connectivity index (χ0) is 17.1. The smallest absolute Gasteiger partial charge is 0.104 e. The summed E-state index contributed by atoms with van der Waals surface area (Å²) < 4.78 is 16.9. The van der Waals surface area contributed by atoms with Crippen molar-refractivity contribution < 1.29 is 14.2 Å².